The zero-order valence-electron chi connectivity index (χ0n) is 28.9. The molecule has 248 valence electrons. The molecule has 0 bridgehead atoms. The molecule has 0 spiro atoms. The largest absolute Gasteiger partial charge is 0.316 e. The molecule has 8 aromatic carbocycles. The van der Waals surface area contributed by atoms with Gasteiger partial charge in [0.1, 0.15) is 0 Å². The van der Waals surface area contributed by atoms with Crippen LogP contribution in [0, 0.1) is 0 Å². The Balaban J connectivity index is 1.11. The molecule has 0 atom stereocenters. The number of benzene rings is 8. The van der Waals surface area contributed by atoms with Crippen LogP contribution in [0.2, 0.25) is 0 Å². The van der Waals surface area contributed by atoms with Crippen molar-refractivity contribution < 1.29 is 0 Å². The van der Waals surface area contributed by atoms with Crippen LogP contribution < -0.4 is 0 Å². The van der Waals surface area contributed by atoms with E-state index < -0.39 is 0 Å². The fourth-order valence-corrected chi connectivity index (χ4v) is 8.47. The Morgan fingerprint density at radius 2 is 0.736 bits per heavy atom. The lowest BCUT2D eigenvalue weighted by Crippen LogP contribution is -1.98. The highest BCUT2D eigenvalue weighted by molar-refractivity contribution is 6.18. The lowest BCUT2D eigenvalue weighted by molar-refractivity contribution is 1.13. The summed E-state index contributed by atoms with van der Waals surface area (Å²) in [6.45, 7) is 0. The zero-order chi connectivity index (χ0) is 34.9. The van der Waals surface area contributed by atoms with Crippen LogP contribution in [0.25, 0.3) is 93.8 Å². The Hall–Kier alpha value is -7.10. The Kier molecular flexibility index (Phi) is 6.55. The van der Waals surface area contributed by atoms with Gasteiger partial charge in [-0.3, -0.25) is 0 Å². The lowest BCUT2D eigenvalue weighted by atomic mass is 9.98. The van der Waals surface area contributed by atoms with Gasteiger partial charge >= 0.3 is 0 Å². The maximum Gasteiger partial charge on any atom is 0.0635 e. The standard InChI is InChI=1S/C50H33N3/c1-3-13-34(14-4-1)36-31-37(35-15-5-2-6-16-35)33-40(32-36)51-30-29-45-46(51)28-27-44-43-19-9-12-22-49(43)53(50(44)45)39-25-23-38(24-26-39)52-47-20-10-7-17-41(47)42-18-8-11-21-48(42)52/h1-33H. The second kappa shape index (κ2) is 11.7. The Morgan fingerprint density at radius 3 is 1.30 bits per heavy atom. The van der Waals surface area contributed by atoms with Crippen molar-refractivity contribution in [3.05, 3.63) is 200 Å². The molecule has 3 heterocycles. The minimum atomic E-state index is 1.14. The van der Waals surface area contributed by atoms with E-state index in [4.69, 9.17) is 0 Å². The van der Waals surface area contributed by atoms with Gasteiger partial charge in [-0.15, -0.1) is 0 Å². The third-order valence-corrected chi connectivity index (χ3v) is 10.9. The van der Waals surface area contributed by atoms with Crippen molar-refractivity contribution in [3.8, 4) is 39.3 Å². The van der Waals surface area contributed by atoms with E-state index in [-0.39, 0.29) is 0 Å². The van der Waals surface area contributed by atoms with E-state index in [2.05, 4.69) is 214 Å². The highest BCUT2D eigenvalue weighted by Crippen LogP contribution is 2.39. The predicted molar refractivity (Wildman–Crippen MR) is 223 cm³/mol. The van der Waals surface area contributed by atoms with Gasteiger partial charge in [0, 0.05) is 50.2 Å². The molecule has 11 rings (SSSR count). The summed E-state index contributed by atoms with van der Waals surface area (Å²) >= 11 is 0. The molecule has 0 amide bonds. The molecule has 0 saturated carbocycles. The minimum Gasteiger partial charge on any atom is -0.316 e. The van der Waals surface area contributed by atoms with E-state index in [0.29, 0.717) is 0 Å². The van der Waals surface area contributed by atoms with Gasteiger partial charge < -0.3 is 13.7 Å². The lowest BCUT2D eigenvalue weighted by Gasteiger charge is -2.14. The molecule has 0 N–H and O–H groups in total. The first-order valence-corrected chi connectivity index (χ1v) is 18.2. The van der Waals surface area contributed by atoms with Crippen LogP contribution >= 0.6 is 0 Å². The molecular weight excluding hydrogens is 643 g/mol. The van der Waals surface area contributed by atoms with Gasteiger partial charge in [0.15, 0.2) is 0 Å². The Labute approximate surface area is 306 Å². The molecule has 0 aliphatic carbocycles. The molecule has 0 radical (unpaired) electrons. The SMILES string of the molecule is c1ccc(-c2cc(-c3ccccc3)cc(-n3ccc4c3ccc3c5ccccc5n(-c5ccc(-n6c7ccccc7c7ccccc76)cc5)c34)c2)cc1. The van der Waals surface area contributed by atoms with E-state index in [0.717, 1.165) is 17.1 Å². The van der Waals surface area contributed by atoms with Crippen LogP contribution in [-0.4, -0.2) is 13.7 Å². The van der Waals surface area contributed by atoms with Gasteiger partial charge in [0.2, 0.25) is 0 Å². The van der Waals surface area contributed by atoms with Crippen LogP contribution in [0.4, 0.5) is 0 Å². The van der Waals surface area contributed by atoms with E-state index in [1.165, 1.54) is 76.8 Å². The van der Waals surface area contributed by atoms with E-state index in [1.54, 1.807) is 0 Å². The summed E-state index contributed by atoms with van der Waals surface area (Å²) in [6, 6.07) is 70.4. The summed E-state index contributed by atoms with van der Waals surface area (Å²) < 4.78 is 7.18. The van der Waals surface area contributed by atoms with Gasteiger partial charge in [-0.25, -0.2) is 0 Å². The summed E-state index contributed by atoms with van der Waals surface area (Å²) in [5.74, 6) is 0. The summed E-state index contributed by atoms with van der Waals surface area (Å²) in [6.07, 6.45) is 2.23. The van der Waals surface area contributed by atoms with Gasteiger partial charge in [0.05, 0.1) is 27.6 Å². The first-order chi connectivity index (χ1) is 26.3. The van der Waals surface area contributed by atoms with Gasteiger partial charge in [-0.05, 0) is 95.1 Å². The predicted octanol–water partition coefficient (Wildman–Crippen LogP) is 13.2. The average Bonchev–Trinajstić information content (AvgIpc) is 3.92. The van der Waals surface area contributed by atoms with Crippen molar-refractivity contribution in [1.29, 1.82) is 0 Å². The van der Waals surface area contributed by atoms with Gasteiger partial charge in [0.25, 0.3) is 0 Å². The average molecular weight is 676 g/mol. The molecule has 3 heteroatoms. The monoisotopic (exact) mass is 675 g/mol. The molecule has 3 nitrogen and oxygen atoms in total. The van der Waals surface area contributed by atoms with Crippen LogP contribution in [0.3, 0.4) is 0 Å². The first kappa shape index (κ1) is 29.6. The van der Waals surface area contributed by atoms with Crippen molar-refractivity contribution in [2.24, 2.45) is 0 Å². The minimum absolute atomic E-state index is 1.14. The number of hydrogen-bond acceptors (Lipinski definition) is 0. The maximum atomic E-state index is 2.45. The van der Waals surface area contributed by atoms with E-state index in [1.807, 2.05) is 0 Å². The third kappa shape index (κ3) is 4.61. The second-order valence-electron chi connectivity index (χ2n) is 13.8. The second-order valence-corrected chi connectivity index (χ2v) is 13.8. The fraction of sp³-hybridized carbons (Fsp3) is 0. The van der Waals surface area contributed by atoms with E-state index >= 15 is 0 Å². The van der Waals surface area contributed by atoms with E-state index in [9.17, 15) is 0 Å². The summed E-state index contributed by atoms with van der Waals surface area (Å²) in [4.78, 5) is 0. The first-order valence-electron chi connectivity index (χ1n) is 18.2. The van der Waals surface area contributed by atoms with Crippen LogP contribution in [0.5, 0.6) is 0 Å². The van der Waals surface area contributed by atoms with Gasteiger partial charge in [-0.2, -0.15) is 0 Å². The van der Waals surface area contributed by atoms with Crippen molar-refractivity contribution in [1.82, 2.24) is 13.7 Å². The maximum absolute atomic E-state index is 2.45. The highest BCUT2D eigenvalue weighted by atomic mass is 15.0. The quantitative estimate of drug-likeness (QED) is 0.172. The normalized spacial score (nSPS) is 11.8. The molecule has 0 saturated heterocycles. The molecule has 3 aromatic heterocycles. The van der Waals surface area contributed by atoms with Crippen molar-refractivity contribution in [2.45, 2.75) is 0 Å². The fourth-order valence-electron chi connectivity index (χ4n) is 8.47. The third-order valence-electron chi connectivity index (χ3n) is 10.9. The van der Waals surface area contributed by atoms with Crippen molar-refractivity contribution in [3.63, 3.8) is 0 Å². The van der Waals surface area contributed by atoms with Crippen molar-refractivity contribution >= 4 is 54.5 Å². The number of para-hydroxylation sites is 3. The Morgan fingerprint density at radius 1 is 0.264 bits per heavy atom. The highest BCUT2D eigenvalue weighted by Gasteiger charge is 2.18. The summed E-state index contributed by atoms with van der Waals surface area (Å²) in [5, 5.41) is 6.26. The number of aromatic nitrogens is 3. The molecular formula is C50H33N3. The van der Waals surface area contributed by atoms with Crippen LogP contribution in [-0.2, 0) is 0 Å². The Bertz CT molecular complexity index is 3030. The van der Waals surface area contributed by atoms with Crippen LogP contribution in [0.15, 0.2) is 200 Å². The van der Waals surface area contributed by atoms with Crippen LogP contribution in [0.1, 0.15) is 0 Å². The molecule has 0 fully saturated rings. The molecule has 0 aliphatic rings. The molecule has 0 aliphatic heterocycles. The topological polar surface area (TPSA) is 14.8 Å². The number of hydrogen-bond donors (Lipinski definition) is 0. The number of nitrogens with zero attached hydrogens (tertiary/aromatic N) is 3. The number of fused-ring (bicyclic) bond motifs is 8. The smallest absolute Gasteiger partial charge is 0.0635 e. The number of rotatable bonds is 5. The molecule has 11 aromatic rings. The summed E-state index contributed by atoms with van der Waals surface area (Å²) in [5.41, 5.74) is 14.2. The molecule has 53 heavy (non-hydrogen) atoms. The molecule has 0 unspecified atom stereocenters. The summed E-state index contributed by atoms with van der Waals surface area (Å²) in [7, 11) is 0. The zero-order valence-corrected chi connectivity index (χ0v) is 28.9. The van der Waals surface area contributed by atoms with Crippen molar-refractivity contribution in [2.75, 3.05) is 0 Å². The van der Waals surface area contributed by atoms with Gasteiger partial charge in [-0.1, -0.05) is 121 Å².